The number of benzene rings is 1. The zero-order chi connectivity index (χ0) is 15.2. The van der Waals surface area contributed by atoms with Gasteiger partial charge in [0.2, 0.25) is 0 Å². The maximum absolute atomic E-state index is 12.6. The summed E-state index contributed by atoms with van der Waals surface area (Å²) in [5.74, 6) is 0.0506. The number of anilines is 1. The fourth-order valence-electron chi connectivity index (χ4n) is 2.34. The van der Waals surface area contributed by atoms with Gasteiger partial charge in [0, 0.05) is 18.0 Å². The van der Waals surface area contributed by atoms with Crippen LogP contribution in [0.25, 0.3) is 10.4 Å². The maximum atomic E-state index is 12.6. The number of carbonyl (C=O) groups excluding carboxylic acids is 1. The van der Waals surface area contributed by atoms with E-state index in [4.69, 9.17) is 5.73 Å². The molecule has 2 N–H and O–H groups in total. The Labute approximate surface area is 130 Å². The molecule has 0 spiro atoms. The van der Waals surface area contributed by atoms with Gasteiger partial charge >= 0.3 is 0 Å². The number of hydrogen-bond acceptors (Lipinski definition) is 3. The lowest BCUT2D eigenvalue weighted by Crippen LogP contribution is -2.32. The average Bonchev–Trinajstić information content (AvgIpc) is 2.89. The van der Waals surface area contributed by atoms with Crippen LogP contribution in [0.1, 0.15) is 37.0 Å². The van der Waals surface area contributed by atoms with Crippen molar-refractivity contribution < 1.29 is 4.79 Å². The van der Waals surface area contributed by atoms with Gasteiger partial charge in [-0.1, -0.05) is 44.2 Å². The van der Waals surface area contributed by atoms with E-state index in [1.54, 1.807) is 0 Å². The van der Waals surface area contributed by atoms with Crippen LogP contribution in [0.3, 0.4) is 0 Å². The Hall–Kier alpha value is -1.81. The number of carbonyl (C=O) groups is 1. The Morgan fingerprint density at radius 1 is 1.14 bits per heavy atom. The third-order valence-corrected chi connectivity index (χ3v) is 4.34. The minimum atomic E-state index is 0.0506. The number of nitrogen functional groups attached to an aromatic ring is 1. The van der Waals surface area contributed by atoms with Crippen LogP contribution >= 0.6 is 11.3 Å². The molecule has 0 radical (unpaired) electrons. The van der Waals surface area contributed by atoms with E-state index < -0.39 is 0 Å². The fourth-order valence-corrected chi connectivity index (χ4v) is 3.27. The second-order valence-electron chi connectivity index (χ2n) is 5.05. The van der Waals surface area contributed by atoms with Crippen molar-refractivity contribution in [1.82, 2.24) is 4.90 Å². The first-order valence-corrected chi connectivity index (χ1v) is 8.23. The maximum Gasteiger partial charge on any atom is 0.256 e. The molecule has 0 fully saturated rings. The molecule has 4 heteroatoms. The number of rotatable bonds is 6. The average molecular weight is 302 g/mol. The van der Waals surface area contributed by atoms with Gasteiger partial charge in [0.05, 0.1) is 10.6 Å². The van der Waals surface area contributed by atoms with Crippen molar-refractivity contribution in [3.8, 4) is 10.4 Å². The first-order chi connectivity index (χ1) is 10.2. The minimum absolute atomic E-state index is 0.0506. The molecule has 0 aliphatic heterocycles. The number of nitrogens with two attached hydrogens (primary N) is 1. The van der Waals surface area contributed by atoms with Gasteiger partial charge < -0.3 is 10.6 Å². The van der Waals surface area contributed by atoms with Crippen molar-refractivity contribution in [2.24, 2.45) is 0 Å². The lowest BCUT2D eigenvalue weighted by molar-refractivity contribution is 0.0757. The predicted octanol–water partition coefficient (Wildman–Crippen LogP) is 4.26. The van der Waals surface area contributed by atoms with Gasteiger partial charge in [0.25, 0.3) is 5.91 Å². The molecular formula is C17H22N2OS. The molecule has 1 aromatic heterocycles. The Balaban J connectivity index is 2.28. The van der Waals surface area contributed by atoms with E-state index in [2.05, 4.69) is 13.8 Å². The molecule has 1 aromatic carbocycles. The SMILES string of the molecule is CCCN(CCC)C(=O)c1cc(-c2ccccc2)sc1N. The van der Waals surface area contributed by atoms with E-state index in [9.17, 15) is 4.79 Å². The van der Waals surface area contributed by atoms with Crippen LogP contribution in [0.4, 0.5) is 5.00 Å². The van der Waals surface area contributed by atoms with E-state index in [1.807, 2.05) is 41.3 Å². The Bertz CT molecular complexity index is 586. The van der Waals surface area contributed by atoms with Crippen molar-refractivity contribution in [2.75, 3.05) is 18.8 Å². The van der Waals surface area contributed by atoms with Gasteiger partial charge in [-0.2, -0.15) is 0 Å². The first-order valence-electron chi connectivity index (χ1n) is 7.41. The molecule has 1 amide bonds. The molecule has 1 heterocycles. The molecule has 112 valence electrons. The first kappa shape index (κ1) is 15.6. The van der Waals surface area contributed by atoms with Crippen LogP contribution in [0.15, 0.2) is 36.4 Å². The highest BCUT2D eigenvalue weighted by molar-refractivity contribution is 7.19. The number of thiophene rings is 1. The summed E-state index contributed by atoms with van der Waals surface area (Å²) in [6, 6.07) is 12.0. The molecule has 3 nitrogen and oxygen atoms in total. The molecule has 0 unspecified atom stereocenters. The number of amides is 1. The van der Waals surface area contributed by atoms with Crippen molar-refractivity contribution in [1.29, 1.82) is 0 Å². The highest BCUT2D eigenvalue weighted by Crippen LogP contribution is 2.34. The molecule has 0 atom stereocenters. The minimum Gasteiger partial charge on any atom is -0.390 e. The summed E-state index contributed by atoms with van der Waals surface area (Å²) in [4.78, 5) is 15.6. The van der Waals surface area contributed by atoms with Crippen LogP contribution in [-0.4, -0.2) is 23.9 Å². The smallest absolute Gasteiger partial charge is 0.256 e. The quantitative estimate of drug-likeness (QED) is 0.866. The summed E-state index contributed by atoms with van der Waals surface area (Å²) < 4.78 is 0. The lowest BCUT2D eigenvalue weighted by Gasteiger charge is -2.21. The number of hydrogen-bond donors (Lipinski definition) is 1. The molecule has 2 aromatic rings. The largest absolute Gasteiger partial charge is 0.390 e. The van der Waals surface area contributed by atoms with E-state index in [-0.39, 0.29) is 5.91 Å². The molecule has 0 saturated carbocycles. The summed E-state index contributed by atoms with van der Waals surface area (Å²) in [7, 11) is 0. The Kier molecular flexibility index (Phi) is 5.39. The van der Waals surface area contributed by atoms with Crippen LogP contribution in [0.5, 0.6) is 0 Å². The molecular weight excluding hydrogens is 280 g/mol. The van der Waals surface area contributed by atoms with E-state index in [0.29, 0.717) is 10.6 Å². The Morgan fingerprint density at radius 3 is 2.33 bits per heavy atom. The monoisotopic (exact) mass is 302 g/mol. The second-order valence-corrected chi connectivity index (χ2v) is 6.13. The van der Waals surface area contributed by atoms with Crippen LogP contribution in [0.2, 0.25) is 0 Å². The number of nitrogens with zero attached hydrogens (tertiary/aromatic N) is 1. The molecule has 0 aliphatic rings. The Morgan fingerprint density at radius 2 is 1.76 bits per heavy atom. The molecule has 0 saturated heterocycles. The second kappa shape index (κ2) is 7.27. The van der Waals surface area contributed by atoms with Crippen molar-refractivity contribution in [3.63, 3.8) is 0 Å². The van der Waals surface area contributed by atoms with Crippen LogP contribution in [-0.2, 0) is 0 Å². The van der Waals surface area contributed by atoms with Crippen molar-refractivity contribution in [2.45, 2.75) is 26.7 Å². The third-order valence-electron chi connectivity index (χ3n) is 3.32. The molecule has 21 heavy (non-hydrogen) atoms. The third kappa shape index (κ3) is 3.64. The van der Waals surface area contributed by atoms with E-state index in [1.165, 1.54) is 11.3 Å². The summed E-state index contributed by atoms with van der Waals surface area (Å²) in [5.41, 5.74) is 7.82. The zero-order valence-electron chi connectivity index (χ0n) is 12.6. The van der Waals surface area contributed by atoms with Crippen molar-refractivity contribution >= 4 is 22.2 Å². The predicted molar refractivity (Wildman–Crippen MR) is 90.7 cm³/mol. The van der Waals surface area contributed by atoms with Gasteiger partial charge in [0.1, 0.15) is 0 Å². The van der Waals surface area contributed by atoms with Gasteiger partial charge in [-0.25, -0.2) is 0 Å². The highest BCUT2D eigenvalue weighted by atomic mass is 32.1. The van der Waals surface area contributed by atoms with E-state index >= 15 is 0 Å². The molecule has 0 bridgehead atoms. The molecule has 2 rings (SSSR count). The van der Waals surface area contributed by atoms with Crippen LogP contribution < -0.4 is 5.73 Å². The summed E-state index contributed by atoms with van der Waals surface area (Å²) in [6.07, 6.45) is 1.92. The topological polar surface area (TPSA) is 46.3 Å². The van der Waals surface area contributed by atoms with Crippen molar-refractivity contribution in [3.05, 3.63) is 42.0 Å². The van der Waals surface area contributed by atoms with Gasteiger partial charge in [0.15, 0.2) is 0 Å². The standard InChI is InChI=1S/C17H22N2OS/c1-3-10-19(11-4-2)17(20)14-12-15(21-16(14)18)13-8-6-5-7-9-13/h5-9,12H,3-4,10-11,18H2,1-2H3. The van der Waals surface area contributed by atoms with Gasteiger partial charge in [-0.3, -0.25) is 4.79 Å². The summed E-state index contributed by atoms with van der Waals surface area (Å²) >= 11 is 1.48. The molecule has 0 aliphatic carbocycles. The van der Waals surface area contributed by atoms with Gasteiger partial charge in [-0.15, -0.1) is 11.3 Å². The zero-order valence-corrected chi connectivity index (χ0v) is 13.5. The summed E-state index contributed by atoms with van der Waals surface area (Å²) in [5, 5.41) is 0.607. The highest BCUT2D eigenvalue weighted by Gasteiger charge is 2.20. The summed E-state index contributed by atoms with van der Waals surface area (Å²) in [6.45, 7) is 5.73. The normalized spacial score (nSPS) is 10.6. The van der Waals surface area contributed by atoms with E-state index in [0.717, 1.165) is 36.4 Å². The fraction of sp³-hybridized carbons (Fsp3) is 0.353. The van der Waals surface area contributed by atoms with Crippen LogP contribution in [0, 0.1) is 0 Å². The van der Waals surface area contributed by atoms with Gasteiger partial charge in [-0.05, 0) is 24.5 Å². The lowest BCUT2D eigenvalue weighted by atomic mass is 10.1.